The summed E-state index contributed by atoms with van der Waals surface area (Å²) in [5.41, 5.74) is 1.01. The number of carbonyl (C=O) groups excluding carboxylic acids is 1. The highest BCUT2D eigenvalue weighted by Crippen LogP contribution is 2.26. The summed E-state index contributed by atoms with van der Waals surface area (Å²) in [7, 11) is 1.64. The molecule has 0 aliphatic carbocycles. The molecule has 0 saturated carbocycles. The Bertz CT molecular complexity index is 347. The first-order valence-electron chi connectivity index (χ1n) is 4.40. The molecular formula is C11H13IO2. The second kappa shape index (κ2) is 4.77. The number of benzene rings is 1. The number of hydrogen-bond donors (Lipinski definition) is 0. The lowest BCUT2D eigenvalue weighted by Crippen LogP contribution is -2.04. The molecular weight excluding hydrogens is 291 g/mol. The highest BCUT2D eigenvalue weighted by molar-refractivity contribution is 14.1. The summed E-state index contributed by atoms with van der Waals surface area (Å²) in [5, 5.41) is 0. The van der Waals surface area contributed by atoms with Crippen molar-refractivity contribution in [1.29, 1.82) is 0 Å². The van der Waals surface area contributed by atoms with Crippen molar-refractivity contribution in [1.82, 2.24) is 0 Å². The van der Waals surface area contributed by atoms with Gasteiger partial charge in [-0.25, -0.2) is 0 Å². The standard InChI is InChI=1S/C11H13IO2/c1-7(8(2)13)9-4-5-10(12)11(6-9)14-3/h4-7H,1-3H3. The Morgan fingerprint density at radius 1 is 1.50 bits per heavy atom. The van der Waals surface area contributed by atoms with Crippen molar-refractivity contribution in [2.45, 2.75) is 19.8 Å². The number of ether oxygens (including phenoxy) is 1. The maximum atomic E-state index is 11.2. The highest BCUT2D eigenvalue weighted by Gasteiger charge is 2.12. The quantitative estimate of drug-likeness (QED) is 0.803. The molecule has 1 unspecified atom stereocenters. The van der Waals surface area contributed by atoms with Crippen LogP contribution in [0.25, 0.3) is 0 Å². The minimum Gasteiger partial charge on any atom is -0.496 e. The van der Waals surface area contributed by atoms with Crippen LogP contribution in [0.3, 0.4) is 0 Å². The van der Waals surface area contributed by atoms with E-state index in [1.165, 1.54) is 0 Å². The minimum atomic E-state index is -0.0547. The largest absolute Gasteiger partial charge is 0.496 e. The number of rotatable bonds is 3. The van der Waals surface area contributed by atoms with Crippen molar-refractivity contribution in [3.63, 3.8) is 0 Å². The second-order valence-corrected chi connectivity index (χ2v) is 4.39. The Kier molecular flexibility index (Phi) is 3.92. The summed E-state index contributed by atoms with van der Waals surface area (Å²) in [4.78, 5) is 11.2. The van der Waals surface area contributed by atoms with Gasteiger partial charge in [-0.05, 0) is 47.2 Å². The smallest absolute Gasteiger partial charge is 0.136 e. The molecule has 0 bridgehead atoms. The highest BCUT2D eigenvalue weighted by atomic mass is 127. The van der Waals surface area contributed by atoms with Gasteiger partial charge in [-0.1, -0.05) is 13.0 Å². The first-order valence-corrected chi connectivity index (χ1v) is 5.48. The van der Waals surface area contributed by atoms with Gasteiger partial charge < -0.3 is 4.74 Å². The van der Waals surface area contributed by atoms with Gasteiger partial charge in [-0.2, -0.15) is 0 Å². The average molecular weight is 304 g/mol. The van der Waals surface area contributed by atoms with Gasteiger partial charge in [-0.15, -0.1) is 0 Å². The van der Waals surface area contributed by atoms with Gasteiger partial charge in [0, 0.05) is 5.92 Å². The Morgan fingerprint density at radius 3 is 2.64 bits per heavy atom. The van der Waals surface area contributed by atoms with E-state index in [0.29, 0.717) is 0 Å². The van der Waals surface area contributed by atoms with Crippen molar-refractivity contribution in [2.75, 3.05) is 7.11 Å². The molecule has 2 nitrogen and oxygen atoms in total. The van der Waals surface area contributed by atoms with Crippen LogP contribution in [-0.4, -0.2) is 12.9 Å². The van der Waals surface area contributed by atoms with Crippen molar-refractivity contribution in [3.8, 4) is 5.75 Å². The van der Waals surface area contributed by atoms with Crippen LogP contribution in [0.2, 0.25) is 0 Å². The summed E-state index contributed by atoms with van der Waals surface area (Å²) < 4.78 is 6.26. The molecule has 0 aliphatic rings. The zero-order chi connectivity index (χ0) is 10.7. The Morgan fingerprint density at radius 2 is 2.14 bits per heavy atom. The number of halogens is 1. The van der Waals surface area contributed by atoms with E-state index < -0.39 is 0 Å². The third-order valence-electron chi connectivity index (χ3n) is 2.28. The molecule has 0 N–H and O–H groups in total. The van der Waals surface area contributed by atoms with Crippen molar-refractivity contribution < 1.29 is 9.53 Å². The van der Waals surface area contributed by atoms with Gasteiger partial charge in [-0.3, -0.25) is 4.79 Å². The first-order chi connectivity index (χ1) is 6.56. The predicted molar refractivity (Wildman–Crippen MR) is 64.8 cm³/mol. The van der Waals surface area contributed by atoms with Gasteiger partial charge in [0.15, 0.2) is 0 Å². The SMILES string of the molecule is COc1cc(C(C)C(C)=O)ccc1I. The van der Waals surface area contributed by atoms with Gasteiger partial charge in [0.25, 0.3) is 0 Å². The number of hydrogen-bond acceptors (Lipinski definition) is 2. The van der Waals surface area contributed by atoms with Crippen LogP contribution in [0.5, 0.6) is 5.75 Å². The van der Waals surface area contributed by atoms with E-state index in [2.05, 4.69) is 22.6 Å². The Balaban J connectivity index is 3.06. The number of methoxy groups -OCH3 is 1. The topological polar surface area (TPSA) is 26.3 Å². The van der Waals surface area contributed by atoms with Crippen LogP contribution < -0.4 is 4.74 Å². The zero-order valence-electron chi connectivity index (χ0n) is 8.50. The third-order valence-corrected chi connectivity index (χ3v) is 3.18. The first kappa shape index (κ1) is 11.5. The normalized spacial score (nSPS) is 12.3. The van der Waals surface area contributed by atoms with Crippen molar-refractivity contribution >= 4 is 28.4 Å². The molecule has 14 heavy (non-hydrogen) atoms. The molecule has 1 rings (SSSR count). The molecule has 0 saturated heterocycles. The van der Waals surface area contributed by atoms with E-state index in [-0.39, 0.29) is 11.7 Å². The van der Waals surface area contributed by atoms with Crippen LogP contribution in [0.1, 0.15) is 25.3 Å². The van der Waals surface area contributed by atoms with Crippen LogP contribution in [0, 0.1) is 3.57 Å². The lowest BCUT2D eigenvalue weighted by atomic mass is 9.98. The van der Waals surface area contributed by atoms with Gasteiger partial charge >= 0.3 is 0 Å². The number of ketones is 1. The summed E-state index contributed by atoms with van der Waals surface area (Å²) in [6.45, 7) is 3.51. The molecule has 3 heteroatoms. The molecule has 0 aromatic heterocycles. The summed E-state index contributed by atoms with van der Waals surface area (Å²) in [6.07, 6.45) is 0. The van der Waals surface area contributed by atoms with Crippen molar-refractivity contribution in [2.24, 2.45) is 0 Å². The van der Waals surface area contributed by atoms with E-state index in [1.54, 1.807) is 14.0 Å². The van der Waals surface area contributed by atoms with Crippen LogP contribution in [0.4, 0.5) is 0 Å². The molecule has 0 spiro atoms. The molecule has 76 valence electrons. The van der Waals surface area contributed by atoms with Gasteiger partial charge in [0.2, 0.25) is 0 Å². The molecule has 0 amide bonds. The monoisotopic (exact) mass is 304 g/mol. The molecule has 0 heterocycles. The lowest BCUT2D eigenvalue weighted by Gasteiger charge is -2.10. The molecule has 0 aliphatic heterocycles. The summed E-state index contributed by atoms with van der Waals surface area (Å²) >= 11 is 2.21. The molecule has 0 radical (unpaired) electrons. The van der Waals surface area contributed by atoms with E-state index in [0.717, 1.165) is 14.9 Å². The molecule has 1 aromatic carbocycles. The fourth-order valence-corrected chi connectivity index (χ4v) is 1.74. The molecule has 1 aromatic rings. The van der Waals surface area contributed by atoms with E-state index in [1.807, 2.05) is 25.1 Å². The van der Waals surface area contributed by atoms with Crippen molar-refractivity contribution in [3.05, 3.63) is 27.3 Å². The number of Topliss-reactive ketones (excluding diaryl/α,β-unsaturated/α-hetero) is 1. The van der Waals surface area contributed by atoms with Crippen LogP contribution in [-0.2, 0) is 4.79 Å². The molecule has 1 atom stereocenters. The summed E-state index contributed by atoms with van der Waals surface area (Å²) in [6, 6.07) is 5.86. The van der Waals surface area contributed by atoms with E-state index >= 15 is 0 Å². The number of carbonyl (C=O) groups is 1. The van der Waals surface area contributed by atoms with Crippen LogP contribution >= 0.6 is 22.6 Å². The summed E-state index contributed by atoms with van der Waals surface area (Å²) in [5.74, 6) is 0.949. The average Bonchev–Trinajstić information content (AvgIpc) is 2.17. The van der Waals surface area contributed by atoms with Gasteiger partial charge in [0.1, 0.15) is 11.5 Å². The maximum Gasteiger partial charge on any atom is 0.136 e. The van der Waals surface area contributed by atoms with E-state index in [4.69, 9.17) is 4.74 Å². The minimum absolute atomic E-state index is 0.0547. The Labute approximate surface area is 97.8 Å². The van der Waals surface area contributed by atoms with E-state index in [9.17, 15) is 4.79 Å². The van der Waals surface area contributed by atoms with Crippen LogP contribution in [0.15, 0.2) is 18.2 Å². The fourth-order valence-electron chi connectivity index (χ4n) is 1.18. The maximum absolute atomic E-state index is 11.2. The van der Waals surface area contributed by atoms with Gasteiger partial charge in [0.05, 0.1) is 10.7 Å². The predicted octanol–water partition coefficient (Wildman–Crippen LogP) is 2.99. The third kappa shape index (κ3) is 2.47. The lowest BCUT2D eigenvalue weighted by molar-refractivity contribution is -0.118. The molecule has 0 fully saturated rings. The zero-order valence-corrected chi connectivity index (χ0v) is 10.7. The fraction of sp³-hybridized carbons (Fsp3) is 0.364. The second-order valence-electron chi connectivity index (χ2n) is 3.23. The Hall–Kier alpha value is -0.580.